The normalized spacial score (nSPS) is 29.7. The van der Waals surface area contributed by atoms with Gasteiger partial charge in [0.2, 0.25) is 0 Å². The molecule has 2 unspecified atom stereocenters. The Labute approximate surface area is 84.0 Å². The molecule has 0 radical (unpaired) electrons. The van der Waals surface area contributed by atoms with Gasteiger partial charge in [-0.3, -0.25) is 0 Å². The van der Waals surface area contributed by atoms with Crippen molar-refractivity contribution in [2.45, 2.75) is 31.2 Å². The van der Waals surface area contributed by atoms with Gasteiger partial charge in [-0.15, -0.1) is 0 Å². The molecule has 2 bridgehead atoms. The molecule has 0 amide bonds. The zero-order chi connectivity index (χ0) is 9.54. The van der Waals surface area contributed by atoms with Crippen molar-refractivity contribution in [1.82, 2.24) is 5.32 Å². The van der Waals surface area contributed by atoms with Crippen molar-refractivity contribution in [2.75, 3.05) is 6.54 Å². The molecule has 3 rings (SSSR count). The van der Waals surface area contributed by atoms with Gasteiger partial charge in [-0.1, -0.05) is 6.07 Å². The summed E-state index contributed by atoms with van der Waals surface area (Å²) in [5.41, 5.74) is 2.82. The highest BCUT2D eigenvalue weighted by Gasteiger charge is 2.29. The van der Waals surface area contributed by atoms with Crippen LogP contribution in [-0.4, -0.2) is 17.7 Å². The molecule has 2 N–H and O–H groups in total. The second kappa shape index (κ2) is 2.99. The quantitative estimate of drug-likeness (QED) is 0.652. The first kappa shape index (κ1) is 8.30. The summed E-state index contributed by atoms with van der Waals surface area (Å²) < 4.78 is 0. The van der Waals surface area contributed by atoms with E-state index in [1.165, 1.54) is 24.0 Å². The zero-order valence-electron chi connectivity index (χ0n) is 8.16. The van der Waals surface area contributed by atoms with E-state index in [2.05, 4.69) is 11.4 Å². The fourth-order valence-electron chi connectivity index (χ4n) is 2.86. The van der Waals surface area contributed by atoms with Crippen molar-refractivity contribution in [2.24, 2.45) is 0 Å². The van der Waals surface area contributed by atoms with Crippen LogP contribution in [0.15, 0.2) is 18.2 Å². The van der Waals surface area contributed by atoms with Gasteiger partial charge in [0.1, 0.15) is 5.75 Å². The smallest absolute Gasteiger partial charge is 0.115 e. The van der Waals surface area contributed by atoms with Crippen molar-refractivity contribution in [3.8, 4) is 5.75 Å². The van der Waals surface area contributed by atoms with Crippen LogP contribution in [0, 0.1) is 0 Å². The Morgan fingerprint density at radius 1 is 1.36 bits per heavy atom. The van der Waals surface area contributed by atoms with Crippen LogP contribution in [0.4, 0.5) is 0 Å². The van der Waals surface area contributed by atoms with E-state index in [1.807, 2.05) is 6.07 Å². The topological polar surface area (TPSA) is 32.3 Å². The van der Waals surface area contributed by atoms with E-state index in [0.29, 0.717) is 17.7 Å². The lowest BCUT2D eigenvalue weighted by molar-refractivity contribution is 0.337. The van der Waals surface area contributed by atoms with Crippen LogP contribution in [0.2, 0.25) is 0 Å². The highest BCUT2D eigenvalue weighted by atomic mass is 16.3. The van der Waals surface area contributed by atoms with Crippen LogP contribution in [0.3, 0.4) is 0 Å². The molecule has 1 saturated heterocycles. The summed E-state index contributed by atoms with van der Waals surface area (Å²) in [7, 11) is 0. The SMILES string of the molecule is Oc1ccc2c(c1)C1CCNC(C2)C1. The van der Waals surface area contributed by atoms with Crippen LogP contribution < -0.4 is 5.32 Å². The summed E-state index contributed by atoms with van der Waals surface area (Å²) in [6.45, 7) is 1.13. The number of benzene rings is 1. The predicted octanol–water partition coefficient (Wildman–Crippen LogP) is 1.78. The maximum absolute atomic E-state index is 9.47. The Hall–Kier alpha value is -1.02. The Balaban J connectivity index is 2.06. The summed E-state index contributed by atoms with van der Waals surface area (Å²) in [6.07, 6.45) is 3.59. The van der Waals surface area contributed by atoms with Crippen LogP contribution in [-0.2, 0) is 6.42 Å². The second-order valence-corrected chi connectivity index (χ2v) is 4.46. The van der Waals surface area contributed by atoms with Gasteiger partial charge in [0.25, 0.3) is 0 Å². The second-order valence-electron chi connectivity index (χ2n) is 4.46. The number of nitrogens with one attached hydrogen (secondary N) is 1. The Bertz CT molecular complexity index is 361. The van der Waals surface area contributed by atoms with Crippen molar-refractivity contribution in [3.63, 3.8) is 0 Å². The number of rotatable bonds is 0. The van der Waals surface area contributed by atoms with E-state index in [0.717, 1.165) is 13.0 Å². The number of hydrogen-bond donors (Lipinski definition) is 2. The molecule has 1 aliphatic carbocycles. The molecule has 2 aliphatic rings. The number of phenolic OH excluding ortho intramolecular Hbond substituents is 1. The summed E-state index contributed by atoms with van der Waals surface area (Å²) in [5.74, 6) is 1.10. The predicted molar refractivity (Wildman–Crippen MR) is 55.6 cm³/mol. The van der Waals surface area contributed by atoms with Gasteiger partial charge < -0.3 is 10.4 Å². The molecule has 1 aliphatic heterocycles. The molecule has 1 aromatic rings. The van der Waals surface area contributed by atoms with E-state index in [4.69, 9.17) is 0 Å². The van der Waals surface area contributed by atoms with Gasteiger partial charge in [-0.2, -0.15) is 0 Å². The average Bonchev–Trinajstić information content (AvgIpc) is 2.20. The molecule has 0 spiro atoms. The first-order valence-corrected chi connectivity index (χ1v) is 5.38. The highest BCUT2D eigenvalue weighted by Crippen LogP contribution is 2.37. The zero-order valence-corrected chi connectivity index (χ0v) is 8.16. The molecule has 2 atom stereocenters. The van der Waals surface area contributed by atoms with E-state index in [1.54, 1.807) is 6.07 Å². The molecular weight excluding hydrogens is 174 g/mol. The third-order valence-corrected chi connectivity index (χ3v) is 3.53. The van der Waals surface area contributed by atoms with Crippen LogP contribution in [0.1, 0.15) is 29.9 Å². The minimum atomic E-state index is 0.417. The minimum absolute atomic E-state index is 0.417. The van der Waals surface area contributed by atoms with Gasteiger partial charge in [0.05, 0.1) is 0 Å². The molecule has 1 aromatic carbocycles. The lowest BCUT2D eigenvalue weighted by Gasteiger charge is -2.37. The van der Waals surface area contributed by atoms with Crippen molar-refractivity contribution in [1.29, 1.82) is 0 Å². The largest absolute Gasteiger partial charge is 0.508 e. The molecule has 0 saturated carbocycles. The lowest BCUT2D eigenvalue weighted by atomic mass is 9.76. The summed E-state index contributed by atoms with van der Waals surface area (Å²) in [6, 6.07) is 6.52. The molecule has 14 heavy (non-hydrogen) atoms. The van der Waals surface area contributed by atoms with Crippen molar-refractivity contribution >= 4 is 0 Å². The van der Waals surface area contributed by atoms with E-state index in [9.17, 15) is 5.11 Å². The monoisotopic (exact) mass is 189 g/mol. The molecule has 1 heterocycles. The third kappa shape index (κ3) is 1.22. The number of aromatic hydroxyl groups is 1. The molecule has 0 aromatic heterocycles. The summed E-state index contributed by atoms with van der Waals surface area (Å²) in [5, 5.41) is 13.0. The van der Waals surface area contributed by atoms with Crippen LogP contribution in [0.5, 0.6) is 5.75 Å². The maximum atomic E-state index is 9.47. The van der Waals surface area contributed by atoms with Gasteiger partial charge >= 0.3 is 0 Å². The van der Waals surface area contributed by atoms with Gasteiger partial charge in [0, 0.05) is 6.04 Å². The third-order valence-electron chi connectivity index (χ3n) is 3.53. The fraction of sp³-hybridized carbons (Fsp3) is 0.500. The number of hydrogen-bond acceptors (Lipinski definition) is 2. The highest BCUT2D eigenvalue weighted by molar-refractivity contribution is 5.40. The van der Waals surface area contributed by atoms with E-state index < -0.39 is 0 Å². The average molecular weight is 189 g/mol. The number of fused-ring (bicyclic) bond motifs is 4. The molecule has 2 heteroatoms. The molecule has 2 nitrogen and oxygen atoms in total. The Kier molecular flexibility index (Phi) is 1.77. The first-order chi connectivity index (χ1) is 6.83. The first-order valence-electron chi connectivity index (χ1n) is 5.38. The number of piperidine rings is 1. The number of phenols is 1. The lowest BCUT2D eigenvalue weighted by Crippen LogP contribution is -2.41. The summed E-state index contributed by atoms with van der Waals surface area (Å²) in [4.78, 5) is 0. The fourth-order valence-corrected chi connectivity index (χ4v) is 2.86. The maximum Gasteiger partial charge on any atom is 0.115 e. The summed E-state index contributed by atoms with van der Waals surface area (Å²) >= 11 is 0. The van der Waals surface area contributed by atoms with Gasteiger partial charge in [0.15, 0.2) is 0 Å². The van der Waals surface area contributed by atoms with Crippen LogP contribution in [0.25, 0.3) is 0 Å². The Morgan fingerprint density at radius 2 is 2.29 bits per heavy atom. The van der Waals surface area contributed by atoms with E-state index in [-0.39, 0.29) is 0 Å². The molecular formula is C12H15NO. The van der Waals surface area contributed by atoms with Crippen LogP contribution >= 0.6 is 0 Å². The van der Waals surface area contributed by atoms with Gasteiger partial charge in [-0.25, -0.2) is 0 Å². The standard InChI is InChI=1S/C12H15NO/c14-11-2-1-8-5-10-6-9(3-4-13-10)12(8)7-11/h1-2,7,9-10,13-14H,3-6H2. The Morgan fingerprint density at radius 3 is 3.21 bits per heavy atom. The minimum Gasteiger partial charge on any atom is -0.508 e. The molecule has 74 valence electrons. The van der Waals surface area contributed by atoms with Crippen molar-refractivity contribution < 1.29 is 5.11 Å². The van der Waals surface area contributed by atoms with Gasteiger partial charge in [-0.05, 0) is 55.0 Å². The van der Waals surface area contributed by atoms with Crippen molar-refractivity contribution in [3.05, 3.63) is 29.3 Å². The van der Waals surface area contributed by atoms with E-state index >= 15 is 0 Å². The molecule has 1 fully saturated rings.